The number of amides is 2. The minimum absolute atomic E-state index is 0.186. The molecule has 0 aromatic heterocycles. The molecule has 0 atom stereocenters. The van der Waals surface area contributed by atoms with Crippen LogP contribution >= 0.6 is 0 Å². The van der Waals surface area contributed by atoms with E-state index in [2.05, 4.69) is 31.6 Å². The number of ether oxygens (including phenoxy) is 2. The lowest BCUT2D eigenvalue weighted by Crippen LogP contribution is -2.43. The molecule has 6 heteroatoms. The molecule has 0 fully saturated rings. The number of para-hydroxylation sites is 1. The molecule has 0 aliphatic carbocycles. The summed E-state index contributed by atoms with van der Waals surface area (Å²) in [6.07, 6.45) is 2.05. The zero-order chi connectivity index (χ0) is 20.4. The molecule has 6 nitrogen and oxygen atoms in total. The number of carbonyl (C=O) groups excluding carboxylic acids is 2. The molecule has 2 rings (SSSR count). The Hall–Kier alpha value is -3.02. The van der Waals surface area contributed by atoms with Crippen LogP contribution in [0.25, 0.3) is 0 Å². The monoisotopic (exact) mass is 384 g/mol. The lowest BCUT2D eigenvalue weighted by molar-refractivity contribution is -0.123. The van der Waals surface area contributed by atoms with Gasteiger partial charge in [-0.2, -0.15) is 0 Å². The van der Waals surface area contributed by atoms with Crippen LogP contribution in [0.5, 0.6) is 11.5 Å². The van der Waals surface area contributed by atoms with E-state index >= 15 is 0 Å². The molecule has 0 spiro atoms. The van der Waals surface area contributed by atoms with Crippen LogP contribution in [0.15, 0.2) is 48.5 Å². The van der Waals surface area contributed by atoms with Gasteiger partial charge in [-0.15, -0.1) is 0 Å². The Morgan fingerprint density at radius 3 is 2.36 bits per heavy atom. The number of hydrogen-bond donors (Lipinski definition) is 2. The third-order valence-electron chi connectivity index (χ3n) is 4.10. The smallest absolute Gasteiger partial charge is 0.276 e. The van der Waals surface area contributed by atoms with E-state index in [-0.39, 0.29) is 12.5 Å². The van der Waals surface area contributed by atoms with Gasteiger partial charge in [-0.1, -0.05) is 45.4 Å². The summed E-state index contributed by atoms with van der Waals surface area (Å²) >= 11 is 0. The van der Waals surface area contributed by atoms with Gasteiger partial charge < -0.3 is 9.47 Å². The van der Waals surface area contributed by atoms with E-state index in [9.17, 15) is 9.59 Å². The van der Waals surface area contributed by atoms with Crippen LogP contribution in [0.4, 0.5) is 0 Å². The van der Waals surface area contributed by atoms with Gasteiger partial charge in [0.1, 0.15) is 11.5 Å². The fraction of sp³-hybridized carbons (Fsp3) is 0.364. The Balaban J connectivity index is 1.78. The summed E-state index contributed by atoms with van der Waals surface area (Å²) in [6.45, 7) is 6.68. The molecule has 0 aliphatic rings. The Labute approximate surface area is 166 Å². The van der Waals surface area contributed by atoms with Crippen molar-refractivity contribution in [2.24, 2.45) is 0 Å². The first-order valence-corrected chi connectivity index (χ1v) is 9.55. The van der Waals surface area contributed by atoms with Gasteiger partial charge in [0.15, 0.2) is 6.61 Å². The molecule has 2 amide bonds. The van der Waals surface area contributed by atoms with Crippen molar-refractivity contribution in [1.29, 1.82) is 0 Å². The molecule has 0 unspecified atom stereocenters. The summed E-state index contributed by atoms with van der Waals surface area (Å²) < 4.78 is 11.1. The van der Waals surface area contributed by atoms with Crippen molar-refractivity contribution in [1.82, 2.24) is 10.9 Å². The number of unbranched alkanes of at least 4 members (excludes halogenated alkanes) is 1. The van der Waals surface area contributed by atoms with Crippen molar-refractivity contribution < 1.29 is 19.1 Å². The van der Waals surface area contributed by atoms with Gasteiger partial charge in [0.25, 0.3) is 11.8 Å². The topological polar surface area (TPSA) is 76.7 Å². The Bertz CT molecular complexity index is 772. The van der Waals surface area contributed by atoms with Crippen molar-refractivity contribution in [3.05, 3.63) is 59.7 Å². The molecule has 2 aromatic carbocycles. The number of carbonyl (C=O) groups is 2. The average molecular weight is 384 g/mol. The largest absolute Gasteiger partial charge is 0.494 e. The van der Waals surface area contributed by atoms with Crippen LogP contribution in [-0.2, 0) is 4.79 Å². The van der Waals surface area contributed by atoms with Crippen LogP contribution < -0.4 is 20.3 Å². The normalized spacial score (nSPS) is 10.4. The van der Waals surface area contributed by atoms with Gasteiger partial charge >= 0.3 is 0 Å². The van der Waals surface area contributed by atoms with Crippen molar-refractivity contribution in [3.63, 3.8) is 0 Å². The van der Waals surface area contributed by atoms with E-state index in [1.807, 2.05) is 24.3 Å². The molecule has 0 aliphatic heterocycles. The van der Waals surface area contributed by atoms with E-state index in [4.69, 9.17) is 9.47 Å². The molecule has 0 saturated heterocycles. The summed E-state index contributed by atoms with van der Waals surface area (Å²) in [5, 5.41) is 0. The van der Waals surface area contributed by atoms with Gasteiger partial charge in [-0.05, 0) is 48.2 Å². The third kappa shape index (κ3) is 6.61. The maximum absolute atomic E-state index is 12.1. The molecule has 28 heavy (non-hydrogen) atoms. The number of benzene rings is 2. The molecule has 2 aromatic rings. The van der Waals surface area contributed by atoms with Crippen molar-refractivity contribution in [2.45, 2.75) is 39.5 Å². The Kier molecular flexibility index (Phi) is 8.34. The molecular formula is C22H28N2O4. The first-order chi connectivity index (χ1) is 13.5. The number of hydrazine groups is 1. The maximum Gasteiger partial charge on any atom is 0.276 e. The second-order valence-corrected chi connectivity index (χ2v) is 6.71. The summed E-state index contributed by atoms with van der Waals surface area (Å²) in [5.41, 5.74) is 6.20. The molecule has 0 saturated carbocycles. The van der Waals surface area contributed by atoms with Crippen molar-refractivity contribution in [3.8, 4) is 11.5 Å². The minimum atomic E-state index is -0.438. The number of nitrogens with one attached hydrogen (secondary N) is 2. The van der Waals surface area contributed by atoms with Gasteiger partial charge in [-0.25, -0.2) is 0 Å². The first kappa shape index (κ1) is 21.3. The highest BCUT2D eigenvalue weighted by atomic mass is 16.5. The SMILES string of the molecule is CCCCOc1ccc(C(=O)NNC(=O)COc2ccccc2C(C)C)cc1. The van der Waals surface area contributed by atoms with Crippen LogP contribution in [0.1, 0.15) is 55.5 Å². The standard InChI is InChI=1S/C22H28N2O4/c1-4-5-14-27-18-12-10-17(11-13-18)22(26)24-23-21(25)15-28-20-9-7-6-8-19(20)16(2)3/h6-13,16H,4-5,14-15H2,1-3H3,(H,23,25)(H,24,26). The summed E-state index contributed by atoms with van der Waals surface area (Å²) in [4.78, 5) is 24.1. The minimum Gasteiger partial charge on any atom is -0.494 e. The van der Waals surface area contributed by atoms with Gasteiger partial charge in [0, 0.05) is 5.56 Å². The highest BCUT2D eigenvalue weighted by Gasteiger charge is 2.11. The average Bonchev–Trinajstić information content (AvgIpc) is 2.71. The van der Waals surface area contributed by atoms with Gasteiger partial charge in [-0.3, -0.25) is 20.4 Å². The maximum atomic E-state index is 12.1. The molecule has 150 valence electrons. The van der Waals surface area contributed by atoms with Crippen LogP contribution in [0.3, 0.4) is 0 Å². The Morgan fingerprint density at radius 1 is 0.964 bits per heavy atom. The summed E-state index contributed by atoms with van der Waals surface area (Å²) in [7, 11) is 0. The molecule has 0 heterocycles. The van der Waals surface area contributed by atoms with Crippen molar-refractivity contribution in [2.75, 3.05) is 13.2 Å². The number of rotatable bonds is 9. The zero-order valence-corrected chi connectivity index (χ0v) is 16.7. The quantitative estimate of drug-likeness (QED) is 0.509. The summed E-state index contributed by atoms with van der Waals surface area (Å²) in [5.74, 6) is 0.819. The highest BCUT2D eigenvalue weighted by molar-refractivity contribution is 5.95. The van der Waals surface area contributed by atoms with Gasteiger partial charge in [0.2, 0.25) is 0 Å². The predicted molar refractivity (Wildman–Crippen MR) is 108 cm³/mol. The number of hydrogen-bond acceptors (Lipinski definition) is 4. The first-order valence-electron chi connectivity index (χ1n) is 9.55. The Morgan fingerprint density at radius 2 is 1.68 bits per heavy atom. The van der Waals surface area contributed by atoms with E-state index in [1.54, 1.807) is 24.3 Å². The third-order valence-corrected chi connectivity index (χ3v) is 4.10. The lowest BCUT2D eigenvalue weighted by Gasteiger charge is -2.14. The van der Waals surface area contributed by atoms with Crippen LogP contribution in [-0.4, -0.2) is 25.0 Å². The predicted octanol–water partition coefficient (Wildman–Crippen LogP) is 3.83. The molecule has 0 bridgehead atoms. The van der Waals surface area contributed by atoms with Crippen molar-refractivity contribution >= 4 is 11.8 Å². The van der Waals surface area contributed by atoms with Crippen LogP contribution in [0.2, 0.25) is 0 Å². The fourth-order valence-corrected chi connectivity index (χ4v) is 2.50. The lowest BCUT2D eigenvalue weighted by atomic mass is 10.0. The highest BCUT2D eigenvalue weighted by Crippen LogP contribution is 2.25. The van der Waals surface area contributed by atoms with E-state index in [1.165, 1.54) is 0 Å². The second-order valence-electron chi connectivity index (χ2n) is 6.71. The molecule has 0 radical (unpaired) electrons. The van der Waals surface area contributed by atoms with E-state index < -0.39 is 11.8 Å². The summed E-state index contributed by atoms with van der Waals surface area (Å²) in [6, 6.07) is 14.4. The fourth-order valence-electron chi connectivity index (χ4n) is 2.50. The van der Waals surface area contributed by atoms with E-state index in [0.717, 1.165) is 18.4 Å². The second kappa shape index (κ2) is 11.0. The zero-order valence-electron chi connectivity index (χ0n) is 16.7. The van der Waals surface area contributed by atoms with Crippen LogP contribution in [0, 0.1) is 0 Å². The van der Waals surface area contributed by atoms with E-state index in [0.29, 0.717) is 23.7 Å². The molecule has 2 N–H and O–H groups in total. The van der Waals surface area contributed by atoms with Gasteiger partial charge in [0.05, 0.1) is 6.61 Å². The molecular weight excluding hydrogens is 356 g/mol.